The molecular formula is C12H8ClF2NO. The summed E-state index contributed by atoms with van der Waals surface area (Å²) in [6.07, 6.45) is 1.54. The van der Waals surface area contributed by atoms with Crippen LogP contribution in [0.25, 0.3) is 0 Å². The molecule has 88 valence electrons. The van der Waals surface area contributed by atoms with Gasteiger partial charge in [-0.1, -0.05) is 6.07 Å². The Hall–Kier alpha value is -1.68. The van der Waals surface area contributed by atoms with Gasteiger partial charge in [0.15, 0.2) is 0 Å². The lowest BCUT2D eigenvalue weighted by Crippen LogP contribution is -1.90. The lowest BCUT2D eigenvalue weighted by molar-refractivity contribution is 0.451. The molecule has 0 saturated heterocycles. The second-order valence-corrected chi connectivity index (χ2v) is 3.61. The Balaban J connectivity index is 2.19. The van der Waals surface area contributed by atoms with Crippen LogP contribution in [-0.2, 0) is 5.88 Å². The van der Waals surface area contributed by atoms with Crippen LogP contribution in [0.15, 0.2) is 36.5 Å². The molecule has 0 fully saturated rings. The van der Waals surface area contributed by atoms with E-state index in [4.69, 9.17) is 16.3 Å². The summed E-state index contributed by atoms with van der Waals surface area (Å²) in [6.45, 7) is 0. The van der Waals surface area contributed by atoms with E-state index >= 15 is 0 Å². The summed E-state index contributed by atoms with van der Waals surface area (Å²) >= 11 is 5.60. The van der Waals surface area contributed by atoms with Crippen LogP contribution >= 0.6 is 11.6 Å². The first-order valence-corrected chi connectivity index (χ1v) is 5.35. The van der Waals surface area contributed by atoms with Crippen molar-refractivity contribution in [2.45, 2.75) is 5.88 Å². The van der Waals surface area contributed by atoms with Gasteiger partial charge in [-0.2, -0.15) is 0 Å². The van der Waals surface area contributed by atoms with Gasteiger partial charge in [0, 0.05) is 36.3 Å². The Morgan fingerprint density at radius 2 is 1.82 bits per heavy atom. The normalized spacial score (nSPS) is 10.3. The van der Waals surface area contributed by atoms with Gasteiger partial charge >= 0.3 is 0 Å². The minimum absolute atomic E-state index is 0.0635. The summed E-state index contributed by atoms with van der Waals surface area (Å²) in [5, 5.41) is 0. The predicted molar refractivity (Wildman–Crippen MR) is 60.2 cm³/mol. The zero-order valence-corrected chi connectivity index (χ0v) is 9.42. The molecule has 0 aliphatic heterocycles. The quantitative estimate of drug-likeness (QED) is 0.776. The number of ether oxygens (including phenoxy) is 1. The third-order valence-corrected chi connectivity index (χ3v) is 2.32. The smallest absolute Gasteiger partial charge is 0.219 e. The number of aromatic nitrogens is 1. The fourth-order valence-corrected chi connectivity index (χ4v) is 1.42. The maximum Gasteiger partial charge on any atom is 0.219 e. The van der Waals surface area contributed by atoms with Gasteiger partial charge in [0.05, 0.1) is 0 Å². The summed E-state index contributed by atoms with van der Waals surface area (Å²) < 4.78 is 31.0. The molecule has 17 heavy (non-hydrogen) atoms. The Labute approximate surface area is 102 Å². The topological polar surface area (TPSA) is 22.1 Å². The van der Waals surface area contributed by atoms with Crippen molar-refractivity contribution in [2.75, 3.05) is 0 Å². The summed E-state index contributed by atoms with van der Waals surface area (Å²) in [6, 6.07) is 6.25. The SMILES string of the molecule is Fc1cc(F)cc(Oc2ccc(CCl)cn2)c1. The minimum atomic E-state index is -0.697. The molecule has 2 rings (SSSR count). The number of nitrogens with zero attached hydrogens (tertiary/aromatic N) is 1. The molecule has 0 aliphatic rings. The van der Waals surface area contributed by atoms with Crippen molar-refractivity contribution in [2.24, 2.45) is 0 Å². The van der Waals surface area contributed by atoms with Crippen molar-refractivity contribution in [3.8, 4) is 11.6 Å². The number of alkyl halides is 1. The Bertz CT molecular complexity index is 496. The van der Waals surface area contributed by atoms with Crippen molar-refractivity contribution < 1.29 is 13.5 Å². The summed E-state index contributed by atoms with van der Waals surface area (Å²) in [4.78, 5) is 3.95. The molecule has 0 unspecified atom stereocenters. The largest absolute Gasteiger partial charge is 0.439 e. The number of benzene rings is 1. The van der Waals surface area contributed by atoms with Gasteiger partial charge in [-0.15, -0.1) is 11.6 Å². The van der Waals surface area contributed by atoms with E-state index in [1.165, 1.54) is 6.20 Å². The van der Waals surface area contributed by atoms with Crippen LogP contribution in [0.2, 0.25) is 0 Å². The summed E-state index contributed by atoms with van der Waals surface area (Å²) in [5.41, 5.74) is 0.837. The van der Waals surface area contributed by atoms with E-state index in [0.717, 1.165) is 23.8 Å². The molecule has 0 amide bonds. The predicted octanol–water partition coefficient (Wildman–Crippen LogP) is 3.89. The average Bonchev–Trinajstić information content (AvgIpc) is 2.28. The van der Waals surface area contributed by atoms with Gasteiger partial charge in [0.1, 0.15) is 17.4 Å². The Morgan fingerprint density at radius 3 is 2.35 bits per heavy atom. The Kier molecular flexibility index (Phi) is 3.54. The van der Waals surface area contributed by atoms with Crippen LogP contribution in [0.1, 0.15) is 5.56 Å². The van der Waals surface area contributed by atoms with Crippen molar-refractivity contribution in [3.63, 3.8) is 0 Å². The van der Waals surface area contributed by atoms with Gasteiger partial charge < -0.3 is 4.74 Å². The van der Waals surface area contributed by atoms with Crippen molar-refractivity contribution in [3.05, 3.63) is 53.7 Å². The van der Waals surface area contributed by atoms with Gasteiger partial charge in [0.2, 0.25) is 5.88 Å². The van der Waals surface area contributed by atoms with E-state index < -0.39 is 11.6 Å². The van der Waals surface area contributed by atoms with Crippen LogP contribution in [-0.4, -0.2) is 4.98 Å². The van der Waals surface area contributed by atoms with Gasteiger partial charge in [-0.25, -0.2) is 13.8 Å². The third-order valence-electron chi connectivity index (χ3n) is 2.01. The van der Waals surface area contributed by atoms with Crippen LogP contribution < -0.4 is 4.74 Å². The van der Waals surface area contributed by atoms with Gasteiger partial charge in [-0.05, 0) is 5.56 Å². The van der Waals surface area contributed by atoms with E-state index in [0.29, 0.717) is 5.88 Å². The third kappa shape index (κ3) is 3.14. The highest BCUT2D eigenvalue weighted by Crippen LogP contribution is 2.21. The molecule has 5 heteroatoms. The second kappa shape index (κ2) is 5.10. The van der Waals surface area contributed by atoms with E-state index in [1.54, 1.807) is 12.1 Å². The molecular weight excluding hydrogens is 248 g/mol. The van der Waals surface area contributed by atoms with Crippen LogP contribution in [0.5, 0.6) is 11.6 Å². The number of pyridine rings is 1. The zero-order chi connectivity index (χ0) is 12.3. The molecule has 0 aliphatic carbocycles. The maximum absolute atomic E-state index is 12.9. The average molecular weight is 256 g/mol. The molecule has 2 aromatic rings. The molecule has 2 nitrogen and oxygen atoms in total. The highest BCUT2D eigenvalue weighted by molar-refractivity contribution is 6.17. The van der Waals surface area contributed by atoms with E-state index in [-0.39, 0.29) is 11.6 Å². The minimum Gasteiger partial charge on any atom is -0.439 e. The fraction of sp³-hybridized carbons (Fsp3) is 0.0833. The molecule has 0 bridgehead atoms. The molecule has 1 heterocycles. The van der Waals surface area contributed by atoms with Gasteiger partial charge in [-0.3, -0.25) is 0 Å². The number of hydrogen-bond acceptors (Lipinski definition) is 2. The molecule has 0 N–H and O–H groups in total. The van der Waals surface area contributed by atoms with Crippen LogP contribution in [0.3, 0.4) is 0 Å². The second-order valence-electron chi connectivity index (χ2n) is 3.35. The van der Waals surface area contributed by atoms with Crippen molar-refractivity contribution >= 4 is 11.6 Å². The standard InChI is InChI=1S/C12H8ClF2NO/c13-6-8-1-2-12(16-7-8)17-11-4-9(14)3-10(15)5-11/h1-5,7H,6H2. The monoisotopic (exact) mass is 255 g/mol. The Morgan fingerprint density at radius 1 is 1.12 bits per heavy atom. The maximum atomic E-state index is 12.9. The van der Waals surface area contributed by atoms with Crippen molar-refractivity contribution in [1.82, 2.24) is 4.98 Å². The number of halogens is 3. The molecule has 1 aromatic heterocycles. The fourth-order valence-electron chi connectivity index (χ4n) is 1.26. The summed E-state index contributed by atoms with van der Waals surface area (Å²) in [7, 11) is 0. The van der Waals surface area contributed by atoms with E-state index in [2.05, 4.69) is 4.98 Å². The lowest BCUT2D eigenvalue weighted by atomic mass is 10.3. The number of hydrogen-bond donors (Lipinski definition) is 0. The van der Waals surface area contributed by atoms with E-state index in [9.17, 15) is 8.78 Å². The zero-order valence-electron chi connectivity index (χ0n) is 8.66. The highest BCUT2D eigenvalue weighted by Gasteiger charge is 2.03. The van der Waals surface area contributed by atoms with Crippen molar-refractivity contribution in [1.29, 1.82) is 0 Å². The molecule has 0 radical (unpaired) electrons. The van der Waals surface area contributed by atoms with Gasteiger partial charge in [0.25, 0.3) is 0 Å². The highest BCUT2D eigenvalue weighted by atomic mass is 35.5. The molecule has 0 saturated carbocycles. The summed E-state index contributed by atoms with van der Waals surface area (Å²) in [5.74, 6) is -0.728. The first-order valence-electron chi connectivity index (χ1n) is 4.82. The molecule has 0 atom stereocenters. The first kappa shape index (κ1) is 11.8. The molecule has 1 aromatic carbocycles. The van der Waals surface area contributed by atoms with Crippen LogP contribution in [0.4, 0.5) is 8.78 Å². The van der Waals surface area contributed by atoms with Crippen LogP contribution in [0, 0.1) is 11.6 Å². The molecule has 0 spiro atoms. The van der Waals surface area contributed by atoms with E-state index in [1.807, 2.05) is 0 Å². The lowest BCUT2D eigenvalue weighted by Gasteiger charge is -2.05. The first-order chi connectivity index (χ1) is 8.17. The number of rotatable bonds is 3.